The number of rotatable bonds is 6. The number of nitrogens with one attached hydrogen (secondary N) is 1. The first kappa shape index (κ1) is 23.3. The third kappa shape index (κ3) is 5.45. The van der Waals surface area contributed by atoms with Gasteiger partial charge in [-0.3, -0.25) is 9.59 Å². The summed E-state index contributed by atoms with van der Waals surface area (Å²) in [7, 11) is 0. The molecule has 0 bridgehead atoms. The van der Waals surface area contributed by atoms with E-state index in [9.17, 15) is 9.59 Å². The molecular formula is C28H31N3O4. The SMILES string of the molecule is O=C(O)CC1CCC2(CC1)CCC(c1ccc(NC(=O)c3nnc(-c4ccccc4)o3)cc1)CC2. The number of carbonyl (C=O) groups is 2. The topological polar surface area (TPSA) is 105 Å². The lowest BCUT2D eigenvalue weighted by atomic mass is 9.60. The first-order chi connectivity index (χ1) is 17.0. The van der Waals surface area contributed by atoms with Crippen LogP contribution in [-0.2, 0) is 4.79 Å². The maximum Gasteiger partial charge on any atom is 0.313 e. The summed E-state index contributed by atoms with van der Waals surface area (Å²) in [5.74, 6) is 0.0520. The lowest BCUT2D eigenvalue weighted by molar-refractivity contribution is -0.138. The van der Waals surface area contributed by atoms with Gasteiger partial charge in [-0.15, -0.1) is 10.2 Å². The Balaban J connectivity index is 1.14. The molecule has 0 saturated heterocycles. The van der Waals surface area contributed by atoms with Crippen molar-refractivity contribution in [1.29, 1.82) is 0 Å². The molecule has 2 saturated carbocycles. The fraction of sp³-hybridized carbons (Fsp3) is 0.429. The summed E-state index contributed by atoms with van der Waals surface area (Å²) in [6, 6.07) is 17.4. The summed E-state index contributed by atoms with van der Waals surface area (Å²) in [5.41, 5.74) is 3.19. The number of carboxylic acids is 1. The number of anilines is 1. The molecular weight excluding hydrogens is 442 g/mol. The quantitative estimate of drug-likeness (QED) is 0.435. The summed E-state index contributed by atoms with van der Waals surface area (Å²) in [6.45, 7) is 0. The van der Waals surface area contributed by atoms with Gasteiger partial charge in [-0.05, 0) is 98.4 Å². The van der Waals surface area contributed by atoms with Crippen molar-refractivity contribution in [2.24, 2.45) is 11.3 Å². The number of carboxylic acid groups (broad SMARTS) is 1. The third-order valence-electron chi connectivity index (χ3n) is 7.96. The zero-order chi connectivity index (χ0) is 24.3. The summed E-state index contributed by atoms with van der Waals surface area (Å²) in [4.78, 5) is 23.6. The largest absolute Gasteiger partial charge is 0.481 e. The maximum atomic E-state index is 12.6. The fourth-order valence-corrected chi connectivity index (χ4v) is 5.84. The van der Waals surface area contributed by atoms with Crippen LogP contribution >= 0.6 is 0 Å². The standard InChI is InChI=1S/C28H31N3O4/c32-24(33)18-19-10-14-28(15-11-19)16-12-21(13-17-28)20-6-8-23(9-7-20)29-25(34)27-31-30-26(35-27)22-4-2-1-3-5-22/h1-9,19,21H,10-18H2,(H,29,34)(H,32,33). The van der Waals surface area contributed by atoms with Gasteiger partial charge in [0.05, 0.1) is 0 Å². The van der Waals surface area contributed by atoms with E-state index in [0.717, 1.165) is 18.4 Å². The molecule has 0 radical (unpaired) electrons. The molecule has 3 aromatic rings. The van der Waals surface area contributed by atoms with Crippen molar-refractivity contribution in [3.63, 3.8) is 0 Å². The minimum atomic E-state index is -0.664. The second kappa shape index (κ2) is 10.0. The minimum absolute atomic E-state index is 0.0661. The molecule has 2 fully saturated rings. The average Bonchev–Trinajstić information content (AvgIpc) is 3.38. The Morgan fingerprint density at radius 3 is 2.23 bits per heavy atom. The van der Waals surface area contributed by atoms with Gasteiger partial charge in [0.15, 0.2) is 0 Å². The second-order valence-corrected chi connectivity index (χ2v) is 10.2. The second-order valence-electron chi connectivity index (χ2n) is 10.2. The van der Waals surface area contributed by atoms with Crippen molar-refractivity contribution < 1.29 is 19.1 Å². The van der Waals surface area contributed by atoms with E-state index < -0.39 is 11.9 Å². The van der Waals surface area contributed by atoms with Crippen LogP contribution in [0.3, 0.4) is 0 Å². The van der Waals surface area contributed by atoms with Crippen LogP contribution in [0.5, 0.6) is 0 Å². The molecule has 7 heteroatoms. The van der Waals surface area contributed by atoms with Crippen molar-refractivity contribution in [2.75, 3.05) is 5.32 Å². The normalized spacial score (nSPS) is 24.2. The van der Waals surface area contributed by atoms with E-state index >= 15 is 0 Å². The first-order valence-electron chi connectivity index (χ1n) is 12.5. The molecule has 5 rings (SSSR count). The number of benzene rings is 2. The Bertz CT molecular complexity index is 1150. The molecule has 1 aromatic heterocycles. The van der Waals surface area contributed by atoms with Crippen LogP contribution in [0.2, 0.25) is 0 Å². The molecule has 1 amide bonds. The molecule has 2 aromatic carbocycles. The van der Waals surface area contributed by atoms with E-state index in [4.69, 9.17) is 9.52 Å². The van der Waals surface area contributed by atoms with Crippen LogP contribution in [0.15, 0.2) is 59.0 Å². The van der Waals surface area contributed by atoms with E-state index in [2.05, 4.69) is 27.6 Å². The highest BCUT2D eigenvalue weighted by Crippen LogP contribution is 2.52. The number of nitrogens with zero attached hydrogens (tertiary/aromatic N) is 2. The third-order valence-corrected chi connectivity index (χ3v) is 7.96. The van der Waals surface area contributed by atoms with E-state index in [-0.39, 0.29) is 5.89 Å². The fourth-order valence-electron chi connectivity index (χ4n) is 5.84. The summed E-state index contributed by atoms with van der Waals surface area (Å²) in [6.07, 6.45) is 9.54. The van der Waals surface area contributed by atoms with Gasteiger partial charge < -0.3 is 14.8 Å². The predicted molar refractivity (Wildman–Crippen MR) is 132 cm³/mol. The molecule has 7 nitrogen and oxygen atoms in total. The van der Waals surface area contributed by atoms with Crippen LogP contribution in [0.25, 0.3) is 11.5 Å². The van der Waals surface area contributed by atoms with E-state index in [1.807, 2.05) is 42.5 Å². The minimum Gasteiger partial charge on any atom is -0.481 e. The molecule has 2 aliphatic carbocycles. The van der Waals surface area contributed by atoms with Gasteiger partial charge in [-0.25, -0.2) is 0 Å². The monoisotopic (exact) mass is 473 g/mol. The number of carbonyl (C=O) groups excluding carboxylic acids is 1. The van der Waals surface area contributed by atoms with E-state index in [1.54, 1.807) is 0 Å². The van der Waals surface area contributed by atoms with Gasteiger partial charge in [0.1, 0.15) is 0 Å². The molecule has 2 N–H and O–H groups in total. The van der Waals surface area contributed by atoms with Gasteiger partial charge in [-0.2, -0.15) is 0 Å². The molecule has 0 aliphatic heterocycles. The highest BCUT2D eigenvalue weighted by molar-refractivity contribution is 6.00. The lowest BCUT2D eigenvalue weighted by Gasteiger charge is -2.45. The van der Waals surface area contributed by atoms with Gasteiger partial charge >= 0.3 is 17.8 Å². The summed E-state index contributed by atoms with van der Waals surface area (Å²) < 4.78 is 5.54. The van der Waals surface area contributed by atoms with Crippen LogP contribution in [0, 0.1) is 11.3 Å². The first-order valence-corrected chi connectivity index (χ1v) is 12.5. The Morgan fingerprint density at radius 1 is 0.914 bits per heavy atom. The Hall–Kier alpha value is -3.48. The molecule has 0 atom stereocenters. The highest BCUT2D eigenvalue weighted by atomic mass is 16.4. The number of hydrogen-bond donors (Lipinski definition) is 2. The van der Waals surface area contributed by atoms with Crippen LogP contribution in [0.1, 0.15) is 80.0 Å². The van der Waals surface area contributed by atoms with Crippen molar-refractivity contribution in [3.8, 4) is 11.5 Å². The molecule has 1 heterocycles. The molecule has 2 aliphatic rings. The van der Waals surface area contributed by atoms with Crippen LogP contribution in [0.4, 0.5) is 5.69 Å². The zero-order valence-corrected chi connectivity index (χ0v) is 19.8. The zero-order valence-electron chi connectivity index (χ0n) is 19.8. The highest BCUT2D eigenvalue weighted by Gasteiger charge is 2.39. The van der Waals surface area contributed by atoms with Gasteiger partial charge in [-0.1, -0.05) is 30.3 Å². The van der Waals surface area contributed by atoms with Gasteiger partial charge in [0.25, 0.3) is 0 Å². The van der Waals surface area contributed by atoms with Gasteiger partial charge in [0.2, 0.25) is 5.89 Å². The smallest absolute Gasteiger partial charge is 0.313 e. The van der Waals surface area contributed by atoms with Crippen molar-refractivity contribution in [3.05, 3.63) is 66.1 Å². The summed E-state index contributed by atoms with van der Waals surface area (Å²) in [5, 5.41) is 19.8. The van der Waals surface area contributed by atoms with Crippen molar-refractivity contribution in [1.82, 2.24) is 10.2 Å². The maximum absolute atomic E-state index is 12.6. The number of hydrogen-bond acceptors (Lipinski definition) is 5. The molecule has 182 valence electrons. The van der Waals surface area contributed by atoms with E-state index in [1.165, 1.54) is 44.1 Å². The lowest BCUT2D eigenvalue weighted by Crippen LogP contribution is -2.32. The number of amides is 1. The van der Waals surface area contributed by atoms with E-state index in [0.29, 0.717) is 35.2 Å². The Labute approximate surface area is 205 Å². The number of aliphatic carboxylic acids is 1. The molecule has 1 spiro atoms. The molecule has 0 unspecified atom stereocenters. The van der Waals surface area contributed by atoms with Crippen molar-refractivity contribution >= 4 is 17.6 Å². The van der Waals surface area contributed by atoms with Crippen LogP contribution in [-0.4, -0.2) is 27.2 Å². The molecule has 35 heavy (non-hydrogen) atoms. The average molecular weight is 474 g/mol. The Morgan fingerprint density at radius 2 is 1.57 bits per heavy atom. The predicted octanol–water partition coefficient (Wildman–Crippen LogP) is 6.30. The summed E-state index contributed by atoms with van der Waals surface area (Å²) >= 11 is 0. The van der Waals surface area contributed by atoms with Gasteiger partial charge in [0, 0.05) is 17.7 Å². The van der Waals surface area contributed by atoms with Crippen molar-refractivity contribution in [2.45, 2.75) is 63.7 Å². The van der Waals surface area contributed by atoms with Crippen LogP contribution < -0.4 is 5.32 Å². The Kier molecular flexibility index (Phi) is 6.66. The number of aromatic nitrogens is 2.